The molecule has 1 aliphatic heterocycles. The van der Waals surface area contributed by atoms with Gasteiger partial charge in [-0.3, -0.25) is 4.79 Å². The number of para-hydroxylation sites is 1. The van der Waals surface area contributed by atoms with E-state index in [0.717, 1.165) is 19.3 Å². The lowest BCUT2D eigenvalue weighted by molar-refractivity contribution is -0.144. The molecule has 3 nitrogen and oxygen atoms in total. The molecule has 4 heteroatoms. The number of nitrogens with zero attached hydrogens (tertiary/aromatic N) is 1. The molecule has 0 aromatic heterocycles. The largest absolute Gasteiger partial charge is 0.466 e. The molecule has 0 amide bonds. The van der Waals surface area contributed by atoms with E-state index in [1.165, 1.54) is 5.69 Å². The second-order valence-electron chi connectivity index (χ2n) is 6.45. The first-order valence-corrected chi connectivity index (χ1v) is 10.9. The molecule has 1 unspecified atom stereocenters. The van der Waals surface area contributed by atoms with Gasteiger partial charge in [0.05, 0.1) is 13.0 Å². The van der Waals surface area contributed by atoms with Crippen LogP contribution >= 0.6 is 0 Å². The maximum Gasteiger partial charge on any atom is 0.307 e. The molecule has 1 heterocycles. The number of hydrogen-bond donors (Lipinski definition) is 0. The van der Waals surface area contributed by atoms with Crippen LogP contribution in [-0.2, 0) is 9.53 Å². The van der Waals surface area contributed by atoms with Gasteiger partial charge in [0.25, 0.3) is 0 Å². The first-order chi connectivity index (χ1) is 9.48. The van der Waals surface area contributed by atoms with Crippen LogP contribution in [-0.4, -0.2) is 26.9 Å². The Morgan fingerprint density at radius 1 is 1.15 bits per heavy atom. The topological polar surface area (TPSA) is 29.5 Å². The Morgan fingerprint density at radius 2 is 1.85 bits per heavy atom. The van der Waals surface area contributed by atoms with E-state index in [-0.39, 0.29) is 12.0 Å². The molecule has 1 atom stereocenters. The maximum atomic E-state index is 11.9. The number of carbonyl (C=O) groups is 1. The molecule has 0 spiro atoms. The van der Waals surface area contributed by atoms with E-state index in [0.29, 0.717) is 13.0 Å². The molecule has 0 N–H and O–H groups in total. The fourth-order valence-corrected chi connectivity index (χ4v) is 5.22. The summed E-state index contributed by atoms with van der Waals surface area (Å²) in [5, 5.41) is 0. The van der Waals surface area contributed by atoms with Gasteiger partial charge in [-0.1, -0.05) is 37.8 Å². The van der Waals surface area contributed by atoms with Crippen molar-refractivity contribution in [1.82, 2.24) is 0 Å². The summed E-state index contributed by atoms with van der Waals surface area (Å²) in [6.45, 7) is 7.60. The molecule has 1 fully saturated rings. The number of ether oxygens (including phenoxy) is 1. The van der Waals surface area contributed by atoms with Gasteiger partial charge in [0.2, 0.25) is 0 Å². The monoisotopic (exact) mass is 291 g/mol. The van der Waals surface area contributed by atoms with Crippen molar-refractivity contribution in [3.8, 4) is 0 Å². The van der Waals surface area contributed by atoms with Crippen LogP contribution in [0.3, 0.4) is 0 Å². The van der Waals surface area contributed by atoms with Crippen LogP contribution in [0.15, 0.2) is 30.3 Å². The lowest BCUT2D eigenvalue weighted by Gasteiger charge is -2.43. The summed E-state index contributed by atoms with van der Waals surface area (Å²) >= 11 is 0. The lowest BCUT2D eigenvalue weighted by Crippen LogP contribution is -2.53. The third kappa shape index (κ3) is 3.85. The quantitative estimate of drug-likeness (QED) is 0.626. The van der Waals surface area contributed by atoms with Gasteiger partial charge in [0, 0.05) is 11.7 Å². The minimum absolute atomic E-state index is 0.0473. The van der Waals surface area contributed by atoms with Crippen LogP contribution in [0.1, 0.15) is 25.7 Å². The smallest absolute Gasteiger partial charge is 0.307 e. The Morgan fingerprint density at radius 3 is 2.50 bits per heavy atom. The van der Waals surface area contributed by atoms with E-state index >= 15 is 0 Å². The predicted octanol–water partition coefficient (Wildman–Crippen LogP) is 3.81. The molecule has 0 radical (unpaired) electrons. The molecular formula is C16H25NO2Si. The molecule has 20 heavy (non-hydrogen) atoms. The summed E-state index contributed by atoms with van der Waals surface area (Å²) in [7, 11) is -1.56. The van der Waals surface area contributed by atoms with Crippen LogP contribution in [0.25, 0.3) is 0 Å². The first kappa shape index (κ1) is 15.1. The highest BCUT2D eigenvalue weighted by atomic mass is 28.3. The molecule has 2 rings (SSSR count). The van der Waals surface area contributed by atoms with Gasteiger partial charge in [-0.15, -0.1) is 0 Å². The molecule has 0 bridgehead atoms. The van der Waals surface area contributed by atoms with Gasteiger partial charge in [-0.25, -0.2) is 0 Å². The Hall–Kier alpha value is -1.29. The van der Waals surface area contributed by atoms with Crippen molar-refractivity contribution in [2.24, 2.45) is 0 Å². The van der Waals surface area contributed by atoms with Gasteiger partial charge in [0.1, 0.15) is 8.24 Å². The van der Waals surface area contributed by atoms with E-state index in [4.69, 9.17) is 4.74 Å². The highest BCUT2D eigenvalue weighted by Crippen LogP contribution is 2.29. The number of benzene rings is 1. The van der Waals surface area contributed by atoms with Crippen molar-refractivity contribution < 1.29 is 9.53 Å². The fourth-order valence-electron chi connectivity index (χ4n) is 2.98. The summed E-state index contributed by atoms with van der Waals surface area (Å²) in [6, 6.07) is 10.8. The minimum atomic E-state index is -1.56. The van der Waals surface area contributed by atoms with Crippen LogP contribution < -0.4 is 4.57 Å². The van der Waals surface area contributed by atoms with Gasteiger partial charge in [-0.2, -0.15) is 0 Å². The van der Waals surface area contributed by atoms with Crippen LogP contribution in [0, 0.1) is 0 Å². The van der Waals surface area contributed by atoms with Crippen LogP contribution in [0.5, 0.6) is 0 Å². The molecule has 1 saturated heterocycles. The Balaban J connectivity index is 2.28. The van der Waals surface area contributed by atoms with E-state index in [1.807, 2.05) is 6.07 Å². The third-order valence-corrected chi connectivity index (χ3v) is 5.79. The van der Waals surface area contributed by atoms with E-state index in [9.17, 15) is 4.79 Å². The number of rotatable bonds is 3. The molecule has 110 valence electrons. The number of hydrogen-bond acceptors (Lipinski definition) is 3. The Kier molecular flexibility index (Phi) is 4.86. The second-order valence-corrected chi connectivity index (χ2v) is 11.3. The molecule has 1 aromatic rings. The summed E-state index contributed by atoms with van der Waals surface area (Å²) < 4.78 is 7.78. The fraction of sp³-hybridized carbons (Fsp3) is 0.562. The third-order valence-electron chi connectivity index (χ3n) is 3.72. The number of esters is 1. The standard InChI is InChI=1S/C16H25NO2Si/c1-20(2,3)17(14-9-5-4-6-10-14)15-11-7-8-12-19-16(18)13-15/h4-6,9-10,15H,7-8,11-13H2,1-3H3. The molecule has 1 aliphatic rings. The summed E-state index contributed by atoms with van der Waals surface area (Å²) in [6.07, 6.45) is 3.70. The Labute approximate surface area is 123 Å². The molecular weight excluding hydrogens is 266 g/mol. The zero-order chi connectivity index (χ0) is 14.6. The SMILES string of the molecule is C[Si](C)(C)N(c1ccccc1)C1CCCCOC(=O)C1. The van der Waals surface area contributed by atoms with Crippen LogP contribution in [0.4, 0.5) is 5.69 Å². The van der Waals surface area contributed by atoms with Gasteiger partial charge in [0.15, 0.2) is 0 Å². The number of carbonyl (C=O) groups excluding carboxylic acids is 1. The molecule has 1 aromatic carbocycles. The minimum Gasteiger partial charge on any atom is -0.466 e. The predicted molar refractivity (Wildman–Crippen MR) is 85.5 cm³/mol. The van der Waals surface area contributed by atoms with Crippen molar-refractivity contribution in [3.63, 3.8) is 0 Å². The molecule has 0 aliphatic carbocycles. The highest BCUT2D eigenvalue weighted by Gasteiger charge is 2.32. The van der Waals surface area contributed by atoms with Crippen LogP contribution in [0.2, 0.25) is 19.6 Å². The van der Waals surface area contributed by atoms with Crippen molar-refractivity contribution in [2.45, 2.75) is 51.4 Å². The zero-order valence-corrected chi connectivity index (χ0v) is 13.8. The van der Waals surface area contributed by atoms with E-state index < -0.39 is 8.24 Å². The second kappa shape index (κ2) is 6.44. The van der Waals surface area contributed by atoms with Crippen molar-refractivity contribution in [3.05, 3.63) is 30.3 Å². The first-order valence-electron chi connectivity index (χ1n) is 7.48. The number of cyclic esters (lactones) is 1. The van der Waals surface area contributed by atoms with Gasteiger partial charge in [-0.05, 0) is 31.4 Å². The zero-order valence-electron chi connectivity index (χ0n) is 12.8. The average molecular weight is 291 g/mol. The van der Waals surface area contributed by atoms with E-state index in [2.05, 4.69) is 48.5 Å². The average Bonchev–Trinajstić information content (AvgIpc) is 2.35. The summed E-state index contributed by atoms with van der Waals surface area (Å²) in [5.74, 6) is -0.0473. The van der Waals surface area contributed by atoms with Crippen molar-refractivity contribution in [1.29, 1.82) is 0 Å². The van der Waals surface area contributed by atoms with Gasteiger partial charge < -0.3 is 9.30 Å². The van der Waals surface area contributed by atoms with Crippen molar-refractivity contribution in [2.75, 3.05) is 11.2 Å². The van der Waals surface area contributed by atoms with E-state index in [1.54, 1.807) is 0 Å². The number of anilines is 1. The normalized spacial score (nSPS) is 20.8. The molecule has 0 saturated carbocycles. The Bertz CT molecular complexity index is 442. The lowest BCUT2D eigenvalue weighted by atomic mass is 10.0. The summed E-state index contributed by atoms with van der Waals surface area (Å²) in [5.41, 5.74) is 1.24. The highest BCUT2D eigenvalue weighted by molar-refractivity contribution is 6.79. The van der Waals surface area contributed by atoms with Gasteiger partial charge >= 0.3 is 5.97 Å². The maximum absolute atomic E-state index is 11.9. The summed E-state index contributed by atoms with van der Waals surface area (Å²) in [4.78, 5) is 11.9. The van der Waals surface area contributed by atoms with Crippen molar-refractivity contribution >= 4 is 19.9 Å².